The topological polar surface area (TPSA) is 15.3 Å². The highest BCUT2D eigenvalue weighted by Crippen LogP contribution is 2.30. The zero-order valence-electron chi connectivity index (χ0n) is 11.2. The average molecular weight is 264 g/mol. The lowest BCUT2D eigenvalue weighted by Gasteiger charge is -2.29. The molecule has 0 spiro atoms. The Hall–Kier alpha value is -0.550. The zero-order chi connectivity index (χ0) is 13.6. The van der Waals surface area contributed by atoms with E-state index >= 15 is 0 Å². The second-order valence-corrected chi connectivity index (χ2v) is 5.05. The first-order chi connectivity index (χ1) is 8.43. The number of hydrogen-bond acceptors (Lipinski definition) is 2. The van der Waals surface area contributed by atoms with Crippen LogP contribution in [-0.2, 0) is 0 Å². The van der Waals surface area contributed by atoms with Crippen molar-refractivity contribution in [2.75, 3.05) is 32.7 Å². The van der Waals surface area contributed by atoms with Crippen LogP contribution in [0.2, 0.25) is 0 Å². The molecule has 0 saturated carbocycles. The fraction of sp³-hybridized carbons (Fsp3) is 0.846. The van der Waals surface area contributed by atoms with Crippen LogP contribution in [0.15, 0.2) is 11.6 Å². The van der Waals surface area contributed by atoms with Crippen LogP contribution in [0.5, 0.6) is 0 Å². The molecule has 5 heteroatoms. The van der Waals surface area contributed by atoms with Crippen molar-refractivity contribution in [2.45, 2.75) is 32.9 Å². The fourth-order valence-electron chi connectivity index (χ4n) is 2.17. The molecule has 1 atom stereocenters. The molecule has 0 saturated heterocycles. The standard InChI is InChI=1S/C13H23F3N2/c1-3-6-17-9-11(2)10-18-7-4-12(5-8-18)13(14,15)16/h4,11,17H,3,5-10H2,1-2H3. The highest BCUT2D eigenvalue weighted by Gasteiger charge is 2.34. The third-order valence-corrected chi connectivity index (χ3v) is 3.15. The Morgan fingerprint density at radius 3 is 2.67 bits per heavy atom. The van der Waals surface area contributed by atoms with Crippen molar-refractivity contribution < 1.29 is 13.2 Å². The van der Waals surface area contributed by atoms with Gasteiger partial charge in [0.25, 0.3) is 0 Å². The van der Waals surface area contributed by atoms with Gasteiger partial charge in [0.2, 0.25) is 0 Å². The second-order valence-electron chi connectivity index (χ2n) is 5.05. The minimum Gasteiger partial charge on any atom is -0.316 e. The van der Waals surface area contributed by atoms with Gasteiger partial charge in [-0.25, -0.2) is 0 Å². The van der Waals surface area contributed by atoms with Crippen LogP contribution in [0.4, 0.5) is 13.2 Å². The molecular weight excluding hydrogens is 241 g/mol. The van der Waals surface area contributed by atoms with E-state index in [9.17, 15) is 13.2 Å². The van der Waals surface area contributed by atoms with Crippen molar-refractivity contribution in [1.82, 2.24) is 10.2 Å². The van der Waals surface area contributed by atoms with Crippen LogP contribution in [0, 0.1) is 5.92 Å². The Morgan fingerprint density at radius 1 is 1.44 bits per heavy atom. The van der Waals surface area contributed by atoms with Gasteiger partial charge < -0.3 is 5.32 Å². The minimum atomic E-state index is -4.14. The van der Waals surface area contributed by atoms with Crippen molar-refractivity contribution >= 4 is 0 Å². The van der Waals surface area contributed by atoms with Gasteiger partial charge in [-0.05, 0) is 31.8 Å². The van der Waals surface area contributed by atoms with Gasteiger partial charge in [0.15, 0.2) is 0 Å². The molecule has 0 aliphatic carbocycles. The van der Waals surface area contributed by atoms with E-state index in [4.69, 9.17) is 0 Å². The molecule has 0 aromatic rings. The van der Waals surface area contributed by atoms with Gasteiger partial charge in [-0.2, -0.15) is 13.2 Å². The number of nitrogens with zero attached hydrogens (tertiary/aromatic N) is 1. The van der Waals surface area contributed by atoms with Crippen LogP contribution in [-0.4, -0.2) is 43.8 Å². The smallest absolute Gasteiger partial charge is 0.316 e. The van der Waals surface area contributed by atoms with Crippen LogP contribution < -0.4 is 5.32 Å². The van der Waals surface area contributed by atoms with E-state index in [0.717, 1.165) is 26.1 Å². The summed E-state index contributed by atoms with van der Waals surface area (Å²) in [6, 6.07) is 0. The van der Waals surface area contributed by atoms with E-state index < -0.39 is 6.18 Å². The first-order valence-electron chi connectivity index (χ1n) is 6.62. The maximum Gasteiger partial charge on any atom is 0.412 e. The maximum atomic E-state index is 12.4. The molecule has 0 bridgehead atoms. The Labute approximate surface area is 107 Å². The Kier molecular flexibility index (Phi) is 6.15. The van der Waals surface area contributed by atoms with E-state index in [1.807, 2.05) is 0 Å². The molecule has 0 aromatic carbocycles. The second kappa shape index (κ2) is 7.14. The van der Waals surface area contributed by atoms with Gasteiger partial charge in [0.05, 0.1) is 0 Å². The van der Waals surface area contributed by atoms with Gasteiger partial charge in [-0.15, -0.1) is 0 Å². The van der Waals surface area contributed by atoms with Crippen LogP contribution in [0.25, 0.3) is 0 Å². The van der Waals surface area contributed by atoms with Gasteiger partial charge in [0.1, 0.15) is 0 Å². The summed E-state index contributed by atoms with van der Waals surface area (Å²) in [5.74, 6) is 0.470. The molecule has 1 heterocycles. The summed E-state index contributed by atoms with van der Waals surface area (Å²) < 4.78 is 37.3. The molecule has 18 heavy (non-hydrogen) atoms. The number of halogens is 3. The molecule has 1 aliphatic heterocycles. The van der Waals surface area contributed by atoms with Crippen molar-refractivity contribution in [1.29, 1.82) is 0 Å². The average Bonchev–Trinajstić information content (AvgIpc) is 2.29. The predicted octanol–water partition coefficient (Wildman–Crippen LogP) is 2.82. The molecule has 106 valence electrons. The van der Waals surface area contributed by atoms with Crippen molar-refractivity contribution in [2.24, 2.45) is 5.92 Å². The molecule has 1 rings (SSSR count). The summed E-state index contributed by atoms with van der Waals surface area (Å²) in [4.78, 5) is 2.09. The summed E-state index contributed by atoms with van der Waals surface area (Å²) >= 11 is 0. The lowest BCUT2D eigenvalue weighted by Crippen LogP contribution is -2.37. The number of alkyl halides is 3. The van der Waals surface area contributed by atoms with Gasteiger partial charge in [-0.1, -0.05) is 19.9 Å². The Balaban J connectivity index is 2.28. The SMILES string of the molecule is CCCNCC(C)CN1CC=C(C(F)(F)F)CC1. The number of hydrogen-bond donors (Lipinski definition) is 1. The quantitative estimate of drug-likeness (QED) is 0.586. The van der Waals surface area contributed by atoms with E-state index in [0.29, 0.717) is 19.0 Å². The van der Waals surface area contributed by atoms with Gasteiger partial charge >= 0.3 is 6.18 Å². The van der Waals surface area contributed by atoms with Crippen LogP contribution in [0.1, 0.15) is 26.7 Å². The summed E-state index contributed by atoms with van der Waals surface area (Å²) in [6.07, 6.45) is -1.58. The van der Waals surface area contributed by atoms with Gasteiger partial charge in [0, 0.05) is 25.2 Å². The van der Waals surface area contributed by atoms with Crippen LogP contribution >= 0.6 is 0 Å². The van der Waals surface area contributed by atoms with Crippen molar-refractivity contribution in [3.05, 3.63) is 11.6 Å². The Morgan fingerprint density at radius 2 is 2.17 bits per heavy atom. The lowest BCUT2D eigenvalue weighted by molar-refractivity contribution is -0.0960. The molecule has 0 radical (unpaired) electrons. The minimum absolute atomic E-state index is 0.124. The maximum absolute atomic E-state index is 12.4. The largest absolute Gasteiger partial charge is 0.412 e. The molecule has 0 aromatic heterocycles. The summed E-state index contributed by atoms with van der Waals surface area (Å²) in [7, 11) is 0. The number of nitrogens with one attached hydrogen (secondary N) is 1. The highest BCUT2D eigenvalue weighted by molar-refractivity contribution is 5.13. The molecule has 1 unspecified atom stereocenters. The van der Waals surface area contributed by atoms with Gasteiger partial charge in [-0.3, -0.25) is 4.90 Å². The molecule has 0 amide bonds. The normalized spacial score (nSPS) is 19.7. The first kappa shape index (κ1) is 15.5. The van der Waals surface area contributed by atoms with Crippen molar-refractivity contribution in [3.8, 4) is 0 Å². The zero-order valence-corrected chi connectivity index (χ0v) is 11.2. The molecule has 1 aliphatic rings. The van der Waals surface area contributed by atoms with E-state index in [1.54, 1.807) is 0 Å². The monoisotopic (exact) mass is 264 g/mol. The Bertz CT molecular complexity index is 274. The summed E-state index contributed by atoms with van der Waals surface area (Å²) in [6.45, 7) is 7.98. The molecule has 2 nitrogen and oxygen atoms in total. The van der Waals surface area contributed by atoms with Crippen LogP contribution in [0.3, 0.4) is 0 Å². The molecular formula is C13H23F3N2. The highest BCUT2D eigenvalue weighted by atomic mass is 19.4. The summed E-state index contributed by atoms with van der Waals surface area (Å²) in [5, 5.41) is 3.34. The van der Waals surface area contributed by atoms with E-state index in [-0.39, 0.29) is 12.0 Å². The molecule has 0 fully saturated rings. The van der Waals surface area contributed by atoms with Crippen molar-refractivity contribution in [3.63, 3.8) is 0 Å². The molecule has 1 N–H and O–H groups in total. The fourth-order valence-corrected chi connectivity index (χ4v) is 2.17. The first-order valence-corrected chi connectivity index (χ1v) is 6.62. The van der Waals surface area contributed by atoms with E-state index in [2.05, 4.69) is 24.1 Å². The van der Waals surface area contributed by atoms with E-state index in [1.165, 1.54) is 6.08 Å². The number of rotatable bonds is 6. The predicted molar refractivity (Wildman–Crippen MR) is 67.5 cm³/mol. The third kappa shape index (κ3) is 5.40. The summed E-state index contributed by atoms with van der Waals surface area (Å²) in [5.41, 5.74) is -0.365. The lowest BCUT2D eigenvalue weighted by atomic mass is 10.1. The third-order valence-electron chi connectivity index (χ3n) is 3.15.